The lowest BCUT2D eigenvalue weighted by molar-refractivity contribution is -0.116. The van der Waals surface area contributed by atoms with Gasteiger partial charge in [-0.2, -0.15) is 5.26 Å². The fourth-order valence-electron chi connectivity index (χ4n) is 2.59. The quantitative estimate of drug-likeness (QED) is 0.876. The molecule has 5 nitrogen and oxygen atoms in total. The molecule has 0 spiro atoms. The summed E-state index contributed by atoms with van der Waals surface area (Å²) in [5.41, 5.74) is 1.06. The fourth-order valence-corrected chi connectivity index (χ4v) is 2.59. The lowest BCUT2D eigenvalue weighted by Gasteiger charge is -2.27. The zero-order chi connectivity index (χ0) is 15.8. The van der Waals surface area contributed by atoms with Crippen molar-refractivity contribution in [1.82, 2.24) is 4.90 Å². The molecule has 1 heterocycles. The average Bonchev–Trinajstić information content (AvgIpc) is 2.54. The number of hydrogen-bond acceptors (Lipinski definition) is 4. The molecular formula is C17H23N3O2. The Hall–Kier alpha value is -1.90. The molecule has 0 aliphatic carbocycles. The minimum absolute atomic E-state index is 0.0703. The van der Waals surface area contributed by atoms with Crippen molar-refractivity contribution in [2.75, 3.05) is 32.1 Å². The second kappa shape index (κ2) is 8.52. The van der Waals surface area contributed by atoms with Crippen LogP contribution in [0, 0.1) is 11.3 Å². The van der Waals surface area contributed by atoms with Gasteiger partial charge in [-0.1, -0.05) is 12.1 Å². The smallest absolute Gasteiger partial charge is 0.225 e. The van der Waals surface area contributed by atoms with Gasteiger partial charge in [-0.05, 0) is 38.4 Å². The number of nitrogens with one attached hydrogen (secondary N) is 1. The topological polar surface area (TPSA) is 65.4 Å². The van der Waals surface area contributed by atoms with Gasteiger partial charge in [0.05, 0.1) is 17.4 Å². The molecule has 0 radical (unpaired) electrons. The second-order valence-electron chi connectivity index (χ2n) is 5.71. The van der Waals surface area contributed by atoms with E-state index in [0.29, 0.717) is 30.3 Å². The summed E-state index contributed by atoms with van der Waals surface area (Å²) in [5.74, 6) is -0.0703. The van der Waals surface area contributed by atoms with E-state index in [1.54, 1.807) is 18.2 Å². The molecule has 1 amide bonds. The molecule has 1 aliphatic heterocycles. The van der Waals surface area contributed by atoms with Crippen LogP contribution < -0.4 is 5.32 Å². The number of likely N-dealkylation sites (N-methyl/N-ethyl adjacent to an activating group) is 1. The first-order valence-corrected chi connectivity index (χ1v) is 7.78. The number of amides is 1. The van der Waals surface area contributed by atoms with Crippen molar-refractivity contribution in [3.05, 3.63) is 29.8 Å². The number of carbonyl (C=O) groups is 1. The maximum atomic E-state index is 12.0. The number of rotatable bonds is 6. The highest BCUT2D eigenvalue weighted by Crippen LogP contribution is 2.15. The molecule has 1 unspecified atom stereocenters. The molecule has 0 bridgehead atoms. The highest BCUT2D eigenvalue weighted by atomic mass is 16.5. The van der Waals surface area contributed by atoms with E-state index in [2.05, 4.69) is 16.3 Å². The number of para-hydroxylation sites is 1. The molecule has 1 N–H and O–H groups in total. The van der Waals surface area contributed by atoms with E-state index in [-0.39, 0.29) is 5.91 Å². The number of hydrogen-bond donors (Lipinski definition) is 1. The van der Waals surface area contributed by atoms with Crippen LogP contribution in [0.15, 0.2) is 24.3 Å². The molecule has 22 heavy (non-hydrogen) atoms. The maximum absolute atomic E-state index is 12.0. The minimum Gasteiger partial charge on any atom is -0.377 e. The molecule has 118 valence electrons. The SMILES string of the molecule is CN(CCC(=O)Nc1ccccc1C#N)CC1CCCCO1. The zero-order valence-corrected chi connectivity index (χ0v) is 13.0. The first-order valence-electron chi connectivity index (χ1n) is 7.78. The van der Waals surface area contributed by atoms with Crippen LogP contribution in [0.4, 0.5) is 5.69 Å². The molecule has 1 aliphatic rings. The Morgan fingerprint density at radius 1 is 1.45 bits per heavy atom. The highest BCUT2D eigenvalue weighted by Gasteiger charge is 2.16. The number of anilines is 1. The first-order chi connectivity index (χ1) is 10.7. The molecule has 1 saturated heterocycles. The van der Waals surface area contributed by atoms with Crippen LogP contribution in [0.1, 0.15) is 31.2 Å². The predicted octanol–water partition coefficient (Wildman–Crippen LogP) is 2.39. The van der Waals surface area contributed by atoms with Gasteiger partial charge in [0.25, 0.3) is 0 Å². The van der Waals surface area contributed by atoms with E-state index in [0.717, 1.165) is 26.0 Å². The van der Waals surface area contributed by atoms with Crippen molar-refractivity contribution in [2.45, 2.75) is 31.8 Å². The molecule has 1 atom stereocenters. The number of benzene rings is 1. The van der Waals surface area contributed by atoms with Gasteiger partial charge in [-0.3, -0.25) is 4.79 Å². The van der Waals surface area contributed by atoms with E-state index in [4.69, 9.17) is 10.00 Å². The van der Waals surface area contributed by atoms with Gasteiger partial charge >= 0.3 is 0 Å². The summed E-state index contributed by atoms with van der Waals surface area (Å²) in [4.78, 5) is 14.1. The number of nitriles is 1. The first kappa shape index (κ1) is 16.5. The standard InChI is InChI=1S/C17H23N3O2/c1-20(13-15-7-4-5-11-22-15)10-9-17(21)19-16-8-3-2-6-14(16)12-18/h2-3,6,8,15H,4-5,7,9-11,13H2,1H3,(H,19,21). The normalized spacial score (nSPS) is 18.0. The summed E-state index contributed by atoms with van der Waals surface area (Å²) in [6, 6.07) is 9.11. The van der Waals surface area contributed by atoms with Crippen molar-refractivity contribution in [2.24, 2.45) is 0 Å². The highest BCUT2D eigenvalue weighted by molar-refractivity contribution is 5.92. The maximum Gasteiger partial charge on any atom is 0.225 e. The summed E-state index contributed by atoms with van der Waals surface area (Å²) >= 11 is 0. The Bertz CT molecular complexity index is 533. The van der Waals surface area contributed by atoms with Crippen LogP contribution in [0.3, 0.4) is 0 Å². The Morgan fingerprint density at radius 2 is 2.27 bits per heavy atom. The third-order valence-electron chi connectivity index (χ3n) is 3.83. The molecule has 0 aromatic heterocycles. The summed E-state index contributed by atoms with van der Waals surface area (Å²) in [5, 5.41) is 11.8. The van der Waals surface area contributed by atoms with Gasteiger partial charge in [0, 0.05) is 26.1 Å². The lowest BCUT2D eigenvalue weighted by Crippen LogP contribution is -2.35. The van der Waals surface area contributed by atoms with Crippen LogP contribution in [0.5, 0.6) is 0 Å². The summed E-state index contributed by atoms with van der Waals surface area (Å²) in [6.45, 7) is 2.40. The Kier molecular flexibility index (Phi) is 6.38. The number of ether oxygens (including phenoxy) is 1. The zero-order valence-electron chi connectivity index (χ0n) is 13.0. The van der Waals surface area contributed by atoms with Crippen LogP contribution in [0.2, 0.25) is 0 Å². The van der Waals surface area contributed by atoms with E-state index in [9.17, 15) is 4.79 Å². The summed E-state index contributed by atoms with van der Waals surface area (Å²) in [6.07, 6.45) is 4.18. The monoisotopic (exact) mass is 301 g/mol. The predicted molar refractivity (Wildman–Crippen MR) is 85.5 cm³/mol. The summed E-state index contributed by atoms with van der Waals surface area (Å²) in [7, 11) is 2.01. The van der Waals surface area contributed by atoms with Crippen molar-refractivity contribution >= 4 is 11.6 Å². The number of carbonyl (C=O) groups excluding carboxylic acids is 1. The molecule has 2 rings (SSSR count). The van der Waals surface area contributed by atoms with Gasteiger partial charge in [0.15, 0.2) is 0 Å². The third-order valence-corrected chi connectivity index (χ3v) is 3.83. The van der Waals surface area contributed by atoms with Gasteiger partial charge in [-0.15, -0.1) is 0 Å². The Labute approximate surface area is 131 Å². The second-order valence-corrected chi connectivity index (χ2v) is 5.71. The van der Waals surface area contributed by atoms with Gasteiger partial charge < -0.3 is 15.0 Å². The molecule has 5 heteroatoms. The van der Waals surface area contributed by atoms with E-state index >= 15 is 0 Å². The van der Waals surface area contributed by atoms with Gasteiger partial charge in [0.2, 0.25) is 5.91 Å². The van der Waals surface area contributed by atoms with E-state index in [1.807, 2.05) is 13.1 Å². The Balaban J connectivity index is 1.74. The van der Waals surface area contributed by atoms with Crippen molar-refractivity contribution < 1.29 is 9.53 Å². The number of nitrogens with zero attached hydrogens (tertiary/aromatic N) is 2. The Morgan fingerprint density at radius 3 is 3.00 bits per heavy atom. The van der Waals surface area contributed by atoms with Gasteiger partial charge in [-0.25, -0.2) is 0 Å². The van der Waals surface area contributed by atoms with Crippen molar-refractivity contribution in [3.8, 4) is 6.07 Å². The largest absolute Gasteiger partial charge is 0.377 e. The molecule has 0 saturated carbocycles. The van der Waals surface area contributed by atoms with Crippen LogP contribution in [0.25, 0.3) is 0 Å². The van der Waals surface area contributed by atoms with E-state index < -0.39 is 0 Å². The minimum atomic E-state index is -0.0703. The van der Waals surface area contributed by atoms with Gasteiger partial charge in [0.1, 0.15) is 6.07 Å². The lowest BCUT2D eigenvalue weighted by atomic mass is 10.1. The van der Waals surface area contributed by atoms with Crippen LogP contribution >= 0.6 is 0 Å². The van der Waals surface area contributed by atoms with Crippen molar-refractivity contribution in [3.63, 3.8) is 0 Å². The molecular weight excluding hydrogens is 278 g/mol. The molecule has 1 aromatic carbocycles. The van der Waals surface area contributed by atoms with Crippen LogP contribution in [-0.4, -0.2) is 43.7 Å². The van der Waals surface area contributed by atoms with E-state index in [1.165, 1.54) is 6.42 Å². The fraction of sp³-hybridized carbons (Fsp3) is 0.529. The van der Waals surface area contributed by atoms with Crippen LogP contribution in [-0.2, 0) is 9.53 Å². The molecule has 1 fully saturated rings. The third kappa shape index (κ3) is 5.14. The molecule has 1 aromatic rings. The van der Waals surface area contributed by atoms with Crippen molar-refractivity contribution in [1.29, 1.82) is 5.26 Å². The average molecular weight is 301 g/mol. The summed E-state index contributed by atoms with van der Waals surface area (Å²) < 4.78 is 5.70.